The summed E-state index contributed by atoms with van der Waals surface area (Å²) in [5, 5.41) is 11.8. The van der Waals surface area contributed by atoms with Gasteiger partial charge in [0.1, 0.15) is 0 Å². The molecule has 28 heavy (non-hydrogen) atoms. The fourth-order valence-corrected chi connectivity index (χ4v) is 3.26. The lowest BCUT2D eigenvalue weighted by molar-refractivity contribution is -0.145. The maximum atomic E-state index is 12.5. The lowest BCUT2D eigenvalue weighted by atomic mass is 9.97. The average Bonchev–Trinajstić information content (AvgIpc) is 3.53. The molecule has 0 radical (unpaired) electrons. The summed E-state index contributed by atoms with van der Waals surface area (Å²) in [5.41, 5.74) is 1.08. The molecule has 1 aromatic carbocycles. The lowest BCUT2D eigenvalue weighted by Crippen LogP contribution is -2.45. The number of benzene rings is 1. The van der Waals surface area contributed by atoms with Gasteiger partial charge in [0.15, 0.2) is 0 Å². The zero-order chi connectivity index (χ0) is 20.3. The predicted molar refractivity (Wildman–Crippen MR) is 102 cm³/mol. The number of carbonyl (C=O) groups is 4. The van der Waals surface area contributed by atoms with E-state index in [1.165, 1.54) is 4.90 Å². The maximum Gasteiger partial charge on any atom is 0.306 e. The van der Waals surface area contributed by atoms with Gasteiger partial charge in [0, 0.05) is 37.3 Å². The van der Waals surface area contributed by atoms with E-state index in [0.717, 1.165) is 12.8 Å². The number of anilines is 1. The van der Waals surface area contributed by atoms with Crippen molar-refractivity contribution in [2.45, 2.75) is 25.7 Å². The van der Waals surface area contributed by atoms with Crippen molar-refractivity contribution in [3.05, 3.63) is 29.8 Å². The molecule has 0 unspecified atom stereocenters. The topological polar surface area (TPSA) is 107 Å². The minimum atomic E-state index is -0.823. The van der Waals surface area contributed by atoms with E-state index >= 15 is 0 Å². The Kier molecular flexibility index (Phi) is 5.96. The Balaban J connectivity index is 1.50. The second-order valence-corrected chi connectivity index (χ2v) is 7.50. The minimum Gasteiger partial charge on any atom is -0.481 e. The number of nitrogens with one attached hydrogen (secondary N) is 1. The van der Waals surface area contributed by atoms with Gasteiger partial charge in [0.2, 0.25) is 11.8 Å². The number of carboxylic acid groups (broad SMARTS) is 1. The van der Waals surface area contributed by atoms with Gasteiger partial charge < -0.3 is 20.2 Å². The van der Waals surface area contributed by atoms with Crippen molar-refractivity contribution >= 4 is 29.4 Å². The molecule has 2 aliphatic rings. The number of carboxylic acids is 1. The number of rotatable bonds is 6. The van der Waals surface area contributed by atoms with Gasteiger partial charge in [-0.2, -0.15) is 0 Å². The first kappa shape index (κ1) is 19.9. The second-order valence-electron chi connectivity index (χ2n) is 7.50. The number of carbonyl (C=O) groups excluding carboxylic acids is 3. The van der Waals surface area contributed by atoms with E-state index in [2.05, 4.69) is 5.32 Å². The molecular weight excluding hydrogens is 362 g/mol. The Morgan fingerprint density at radius 3 is 2.18 bits per heavy atom. The van der Waals surface area contributed by atoms with Crippen molar-refractivity contribution in [1.82, 2.24) is 9.80 Å². The van der Waals surface area contributed by atoms with E-state index in [1.807, 2.05) is 0 Å². The molecule has 3 rings (SSSR count). The monoisotopic (exact) mass is 387 g/mol. The third kappa shape index (κ3) is 4.88. The first-order valence-corrected chi connectivity index (χ1v) is 9.52. The molecule has 2 N–H and O–H groups in total. The van der Waals surface area contributed by atoms with E-state index in [4.69, 9.17) is 5.11 Å². The molecule has 0 bridgehead atoms. The molecule has 0 aromatic heterocycles. The molecular formula is C20H25N3O5. The summed E-state index contributed by atoms with van der Waals surface area (Å²) >= 11 is 0. The lowest BCUT2D eigenvalue weighted by Gasteiger charge is -2.31. The smallest absolute Gasteiger partial charge is 0.306 e. The van der Waals surface area contributed by atoms with Crippen molar-refractivity contribution in [1.29, 1.82) is 0 Å². The Morgan fingerprint density at radius 2 is 1.64 bits per heavy atom. The van der Waals surface area contributed by atoms with Crippen LogP contribution in [0.5, 0.6) is 0 Å². The molecule has 1 heterocycles. The van der Waals surface area contributed by atoms with Crippen LogP contribution in [0.25, 0.3) is 0 Å². The highest BCUT2D eigenvalue weighted by atomic mass is 16.4. The SMILES string of the molecule is CN(CC(=O)N1CCC(C(=O)O)CC1)C(=O)c1ccc(NC(=O)C2CC2)cc1. The molecule has 8 nitrogen and oxygen atoms in total. The van der Waals surface area contributed by atoms with E-state index in [1.54, 1.807) is 36.2 Å². The minimum absolute atomic E-state index is 0.00783. The summed E-state index contributed by atoms with van der Waals surface area (Å²) < 4.78 is 0. The Bertz CT molecular complexity index is 765. The first-order chi connectivity index (χ1) is 13.3. The highest BCUT2D eigenvalue weighted by Crippen LogP contribution is 2.30. The summed E-state index contributed by atoms with van der Waals surface area (Å²) in [7, 11) is 1.56. The molecule has 3 amide bonds. The summed E-state index contributed by atoms with van der Waals surface area (Å²) in [5.74, 6) is -1.58. The van der Waals surface area contributed by atoms with Gasteiger partial charge in [-0.25, -0.2) is 0 Å². The fourth-order valence-electron chi connectivity index (χ4n) is 3.26. The second kappa shape index (κ2) is 8.41. The fraction of sp³-hybridized carbons (Fsp3) is 0.500. The van der Waals surface area contributed by atoms with Crippen LogP contribution in [-0.2, 0) is 14.4 Å². The molecule has 0 spiro atoms. The van der Waals surface area contributed by atoms with E-state index in [9.17, 15) is 19.2 Å². The molecule has 1 aliphatic heterocycles. The molecule has 1 aromatic rings. The van der Waals surface area contributed by atoms with Crippen molar-refractivity contribution in [2.24, 2.45) is 11.8 Å². The third-order valence-corrected chi connectivity index (χ3v) is 5.26. The third-order valence-electron chi connectivity index (χ3n) is 5.26. The molecule has 1 saturated heterocycles. The number of likely N-dealkylation sites (tertiary alicyclic amines) is 1. The van der Waals surface area contributed by atoms with Gasteiger partial charge >= 0.3 is 5.97 Å². The zero-order valence-corrected chi connectivity index (χ0v) is 15.9. The van der Waals surface area contributed by atoms with Crippen LogP contribution in [-0.4, -0.2) is 65.3 Å². The van der Waals surface area contributed by atoms with Gasteiger partial charge in [0.25, 0.3) is 5.91 Å². The molecule has 2 fully saturated rings. The molecule has 8 heteroatoms. The van der Waals surface area contributed by atoms with E-state index in [0.29, 0.717) is 37.2 Å². The van der Waals surface area contributed by atoms with Crippen molar-refractivity contribution < 1.29 is 24.3 Å². The Hall–Kier alpha value is -2.90. The number of amides is 3. The number of hydrogen-bond donors (Lipinski definition) is 2. The highest BCUT2D eigenvalue weighted by molar-refractivity contribution is 5.98. The number of aliphatic carboxylic acids is 1. The number of piperidine rings is 1. The van der Waals surface area contributed by atoms with Gasteiger partial charge in [-0.1, -0.05) is 0 Å². The maximum absolute atomic E-state index is 12.5. The standard InChI is InChI=1S/C20H25N3O5/c1-22(12-17(24)23-10-8-15(9-11-23)20(27)28)19(26)14-4-6-16(7-5-14)21-18(25)13-2-3-13/h4-7,13,15H,2-3,8-12H2,1H3,(H,21,25)(H,27,28). The van der Waals surface area contributed by atoms with Gasteiger partial charge in [-0.3, -0.25) is 19.2 Å². The van der Waals surface area contributed by atoms with Gasteiger partial charge in [-0.05, 0) is 49.9 Å². The number of nitrogens with zero attached hydrogens (tertiary/aromatic N) is 2. The normalized spacial score (nSPS) is 17.1. The zero-order valence-electron chi connectivity index (χ0n) is 15.9. The van der Waals surface area contributed by atoms with Crippen LogP contribution in [0.3, 0.4) is 0 Å². The Labute approximate surface area is 163 Å². The van der Waals surface area contributed by atoms with Gasteiger partial charge in [0.05, 0.1) is 12.5 Å². The van der Waals surface area contributed by atoms with Crippen molar-refractivity contribution in [3.63, 3.8) is 0 Å². The molecule has 1 saturated carbocycles. The molecule has 1 aliphatic carbocycles. The largest absolute Gasteiger partial charge is 0.481 e. The molecule has 150 valence electrons. The van der Waals surface area contributed by atoms with Crippen LogP contribution in [0, 0.1) is 11.8 Å². The average molecular weight is 387 g/mol. The van der Waals surface area contributed by atoms with Crippen LogP contribution in [0.15, 0.2) is 24.3 Å². The van der Waals surface area contributed by atoms with Crippen LogP contribution in [0.4, 0.5) is 5.69 Å². The first-order valence-electron chi connectivity index (χ1n) is 9.52. The highest BCUT2D eigenvalue weighted by Gasteiger charge is 2.30. The van der Waals surface area contributed by atoms with Crippen LogP contribution in [0.1, 0.15) is 36.0 Å². The summed E-state index contributed by atoms with van der Waals surface area (Å²) in [6.45, 7) is 0.733. The predicted octanol–water partition coefficient (Wildman–Crippen LogP) is 1.43. The quantitative estimate of drug-likeness (QED) is 0.768. The van der Waals surface area contributed by atoms with Crippen molar-refractivity contribution in [3.8, 4) is 0 Å². The Morgan fingerprint density at radius 1 is 1.04 bits per heavy atom. The number of hydrogen-bond acceptors (Lipinski definition) is 4. The van der Waals surface area contributed by atoms with Crippen LogP contribution in [0.2, 0.25) is 0 Å². The van der Waals surface area contributed by atoms with Crippen LogP contribution >= 0.6 is 0 Å². The van der Waals surface area contributed by atoms with E-state index in [-0.39, 0.29) is 30.2 Å². The summed E-state index contributed by atoms with van der Waals surface area (Å²) in [4.78, 5) is 50.7. The van der Waals surface area contributed by atoms with Gasteiger partial charge in [-0.15, -0.1) is 0 Å². The van der Waals surface area contributed by atoms with Crippen LogP contribution < -0.4 is 5.32 Å². The molecule has 0 atom stereocenters. The van der Waals surface area contributed by atoms with Crippen molar-refractivity contribution in [2.75, 3.05) is 32.0 Å². The number of likely N-dealkylation sites (N-methyl/N-ethyl adjacent to an activating group) is 1. The van der Waals surface area contributed by atoms with E-state index < -0.39 is 11.9 Å². The summed E-state index contributed by atoms with van der Waals surface area (Å²) in [6.07, 6.45) is 2.73. The summed E-state index contributed by atoms with van der Waals surface area (Å²) in [6, 6.07) is 6.62.